The standard InChI is InChI=1S/C17H11N3O3S/c1-22-16(21)14-10-6-2-3-7-11(10)15(20-19-14)24-17-18-12-8-4-5-9-13(12)23-17/h2-9H,1H3. The van der Waals surface area contributed by atoms with E-state index in [0.717, 1.165) is 10.9 Å². The van der Waals surface area contributed by atoms with Crippen molar-refractivity contribution < 1.29 is 13.9 Å². The van der Waals surface area contributed by atoms with Crippen LogP contribution in [0.3, 0.4) is 0 Å². The largest absolute Gasteiger partial charge is 0.464 e. The zero-order valence-electron chi connectivity index (χ0n) is 12.6. The minimum atomic E-state index is -0.517. The van der Waals surface area contributed by atoms with E-state index in [-0.39, 0.29) is 5.69 Å². The Kier molecular flexibility index (Phi) is 3.62. The van der Waals surface area contributed by atoms with Gasteiger partial charge >= 0.3 is 5.97 Å². The van der Waals surface area contributed by atoms with Crippen molar-refractivity contribution in [1.29, 1.82) is 0 Å². The SMILES string of the molecule is COC(=O)c1nnc(Sc2nc3ccccc3o2)c2ccccc12. The summed E-state index contributed by atoms with van der Waals surface area (Å²) in [6.45, 7) is 0. The third-order valence-electron chi connectivity index (χ3n) is 3.49. The van der Waals surface area contributed by atoms with Gasteiger partial charge < -0.3 is 9.15 Å². The molecule has 0 saturated carbocycles. The highest BCUT2D eigenvalue weighted by Gasteiger charge is 2.18. The highest BCUT2D eigenvalue weighted by molar-refractivity contribution is 7.99. The summed E-state index contributed by atoms with van der Waals surface area (Å²) in [5.74, 6) is -0.517. The lowest BCUT2D eigenvalue weighted by Crippen LogP contribution is -2.07. The third kappa shape index (κ3) is 2.48. The Labute approximate surface area is 140 Å². The van der Waals surface area contributed by atoms with Crippen LogP contribution in [0.2, 0.25) is 0 Å². The molecule has 0 radical (unpaired) electrons. The number of carbonyl (C=O) groups excluding carboxylic acids is 1. The molecule has 2 heterocycles. The number of fused-ring (bicyclic) bond motifs is 2. The number of esters is 1. The van der Waals surface area contributed by atoms with Crippen molar-refractivity contribution in [3.05, 3.63) is 54.2 Å². The van der Waals surface area contributed by atoms with Gasteiger partial charge in [0.15, 0.2) is 11.3 Å². The number of rotatable bonds is 3. The summed E-state index contributed by atoms with van der Waals surface area (Å²) in [5.41, 5.74) is 1.68. The van der Waals surface area contributed by atoms with Gasteiger partial charge in [0, 0.05) is 10.8 Å². The van der Waals surface area contributed by atoms with Crippen molar-refractivity contribution in [2.45, 2.75) is 10.2 Å². The quantitative estimate of drug-likeness (QED) is 0.527. The maximum absolute atomic E-state index is 11.9. The van der Waals surface area contributed by atoms with Crippen LogP contribution in [0.1, 0.15) is 10.5 Å². The number of nitrogens with zero attached hydrogens (tertiary/aromatic N) is 3. The molecule has 0 aliphatic heterocycles. The third-order valence-corrected chi connectivity index (χ3v) is 4.33. The molecular weight excluding hydrogens is 326 g/mol. The molecule has 118 valence electrons. The molecule has 4 rings (SSSR count). The smallest absolute Gasteiger partial charge is 0.359 e. The zero-order valence-corrected chi connectivity index (χ0v) is 13.4. The number of aromatic nitrogens is 3. The molecule has 0 unspecified atom stereocenters. The van der Waals surface area contributed by atoms with Crippen molar-refractivity contribution in [3.63, 3.8) is 0 Å². The summed E-state index contributed by atoms with van der Waals surface area (Å²) in [4.78, 5) is 16.3. The molecule has 6 nitrogen and oxygen atoms in total. The number of benzene rings is 2. The molecule has 0 atom stereocenters. The molecule has 7 heteroatoms. The molecule has 2 aromatic carbocycles. The second-order valence-corrected chi connectivity index (χ2v) is 5.88. The van der Waals surface area contributed by atoms with Crippen LogP contribution in [0.15, 0.2) is 63.2 Å². The fourth-order valence-corrected chi connectivity index (χ4v) is 3.19. The van der Waals surface area contributed by atoms with E-state index in [1.165, 1.54) is 18.9 Å². The van der Waals surface area contributed by atoms with Crippen LogP contribution in [-0.2, 0) is 4.74 Å². The molecule has 0 N–H and O–H groups in total. The van der Waals surface area contributed by atoms with Crippen molar-refractivity contribution in [2.75, 3.05) is 7.11 Å². The van der Waals surface area contributed by atoms with Gasteiger partial charge in [0.2, 0.25) is 0 Å². The average molecular weight is 337 g/mol. The van der Waals surface area contributed by atoms with Gasteiger partial charge in [0.25, 0.3) is 5.22 Å². The van der Waals surface area contributed by atoms with Gasteiger partial charge in [-0.15, -0.1) is 10.2 Å². The van der Waals surface area contributed by atoms with Gasteiger partial charge in [0.05, 0.1) is 7.11 Å². The maximum Gasteiger partial charge on any atom is 0.359 e. The number of carbonyl (C=O) groups is 1. The normalized spacial score (nSPS) is 11.0. The number of hydrogen-bond donors (Lipinski definition) is 0. The van der Waals surface area contributed by atoms with Crippen molar-refractivity contribution >= 4 is 39.6 Å². The van der Waals surface area contributed by atoms with Crippen LogP contribution in [0.4, 0.5) is 0 Å². The van der Waals surface area contributed by atoms with Crippen LogP contribution in [0.25, 0.3) is 21.9 Å². The molecule has 0 spiro atoms. The summed E-state index contributed by atoms with van der Waals surface area (Å²) < 4.78 is 10.5. The van der Waals surface area contributed by atoms with Gasteiger partial charge in [-0.3, -0.25) is 0 Å². The molecule has 2 aromatic heterocycles. The Morgan fingerprint density at radius 2 is 1.79 bits per heavy atom. The minimum absolute atomic E-state index is 0.190. The van der Waals surface area contributed by atoms with E-state index >= 15 is 0 Å². The number of hydrogen-bond acceptors (Lipinski definition) is 7. The highest BCUT2D eigenvalue weighted by Crippen LogP contribution is 2.33. The molecular formula is C17H11N3O3S. The molecule has 0 amide bonds. The minimum Gasteiger partial charge on any atom is -0.464 e. The maximum atomic E-state index is 11.9. The molecule has 0 fully saturated rings. The first-order valence-corrected chi connectivity index (χ1v) is 7.95. The molecule has 0 aliphatic rings. The molecule has 0 saturated heterocycles. The van der Waals surface area contributed by atoms with Crippen LogP contribution < -0.4 is 0 Å². The lowest BCUT2D eigenvalue weighted by molar-refractivity contribution is 0.0595. The predicted molar refractivity (Wildman–Crippen MR) is 89.0 cm³/mol. The monoisotopic (exact) mass is 337 g/mol. The summed E-state index contributed by atoms with van der Waals surface area (Å²) in [5, 5.41) is 10.7. The Bertz CT molecular complexity index is 1030. The summed E-state index contributed by atoms with van der Waals surface area (Å²) in [6.07, 6.45) is 0. The van der Waals surface area contributed by atoms with E-state index in [0.29, 0.717) is 21.2 Å². The molecule has 24 heavy (non-hydrogen) atoms. The second kappa shape index (κ2) is 5.93. The van der Waals surface area contributed by atoms with Crippen LogP contribution in [0.5, 0.6) is 0 Å². The van der Waals surface area contributed by atoms with Gasteiger partial charge in [0.1, 0.15) is 10.5 Å². The van der Waals surface area contributed by atoms with E-state index in [2.05, 4.69) is 15.2 Å². The van der Waals surface area contributed by atoms with Gasteiger partial charge in [-0.1, -0.05) is 36.4 Å². The lowest BCUT2D eigenvalue weighted by Gasteiger charge is -2.06. The van der Waals surface area contributed by atoms with Crippen molar-refractivity contribution in [1.82, 2.24) is 15.2 Å². The lowest BCUT2D eigenvalue weighted by atomic mass is 10.1. The Balaban J connectivity index is 1.81. The number of ether oxygens (including phenoxy) is 1. The van der Waals surface area contributed by atoms with Crippen LogP contribution in [0, 0.1) is 0 Å². The first-order valence-electron chi connectivity index (χ1n) is 7.13. The van der Waals surface area contributed by atoms with E-state index in [9.17, 15) is 4.79 Å². The molecule has 4 aromatic rings. The van der Waals surface area contributed by atoms with Crippen LogP contribution >= 0.6 is 11.8 Å². The van der Waals surface area contributed by atoms with E-state index in [4.69, 9.17) is 9.15 Å². The Hall–Kier alpha value is -2.93. The summed E-state index contributed by atoms with van der Waals surface area (Å²) in [7, 11) is 1.32. The Morgan fingerprint density at radius 1 is 1.04 bits per heavy atom. The van der Waals surface area contributed by atoms with E-state index in [1.54, 1.807) is 0 Å². The summed E-state index contributed by atoms with van der Waals surface area (Å²) in [6, 6.07) is 14.9. The first-order chi connectivity index (χ1) is 11.8. The average Bonchev–Trinajstić information content (AvgIpc) is 3.03. The van der Waals surface area contributed by atoms with E-state index in [1.807, 2.05) is 48.5 Å². The van der Waals surface area contributed by atoms with Crippen LogP contribution in [-0.4, -0.2) is 28.3 Å². The Morgan fingerprint density at radius 3 is 2.58 bits per heavy atom. The first kappa shape index (κ1) is 14.6. The summed E-state index contributed by atoms with van der Waals surface area (Å²) >= 11 is 1.27. The van der Waals surface area contributed by atoms with Gasteiger partial charge in [-0.05, 0) is 23.9 Å². The zero-order chi connectivity index (χ0) is 16.5. The second-order valence-electron chi connectivity index (χ2n) is 4.94. The number of para-hydroxylation sites is 2. The van der Waals surface area contributed by atoms with Crippen molar-refractivity contribution in [3.8, 4) is 0 Å². The number of oxazole rings is 1. The molecule has 0 aliphatic carbocycles. The van der Waals surface area contributed by atoms with E-state index < -0.39 is 5.97 Å². The fourth-order valence-electron chi connectivity index (χ4n) is 2.38. The fraction of sp³-hybridized carbons (Fsp3) is 0.0588. The predicted octanol–water partition coefficient (Wildman–Crippen LogP) is 3.71. The molecule has 0 bridgehead atoms. The topological polar surface area (TPSA) is 78.1 Å². The highest BCUT2D eigenvalue weighted by atomic mass is 32.2. The van der Waals surface area contributed by atoms with Crippen molar-refractivity contribution in [2.24, 2.45) is 0 Å². The van der Waals surface area contributed by atoms with Gasteiger partial charge in [-0.2, -0.15) is 0 Å². The van der Waals surface area contributed by atoms with Gasteiger partial charge in [-0.25, -0.2) is 9.78 Å². The number of methoxy groups -OCH3 is 1.